The number of nitrogens with one attached hydrogen (secondary N) is 1. The summed E-state index contributed by atoms with van der Waals surface area (Å²) < 4.78 is 17.1. The fraction of sp³-hybridized carbons (Fsp3) is 0.250. The van der Waals surface area contributed by atoms with Gasteiger partial charge in [0.1, 0.15) is 12.7 Å². The zero-order valence-electron chi connectivity index (χ0n) is 15.3. The van der Waals surface area contributed by atoms with Crippen LogP contribution in [-0.4, -0.2) is 41.1 Å². The van der Waals surface area contributed by atoms with E-state index in [1.165, 1.54) is 11.8 Å². The van der Waals surface area contributed by atoms with Crippen LogP contribution in [0.5, 0.6) is 11.5 Å². The van der Waals surface area contributed by atoms with Gasteiger partial charge in [0.25, 0.3) is 5.22 Å². The molecule has 8 heteroatoms. The molecule has 0 spiro atoms. The molecule has 0 aliphatic carbocycles. The van der Waals surface area contributed by atoms with Crippen molar-refractivity contribution in [1.82, 2.24) is 15.5 Å². The Kier molecular flexibility index (Phi) is 5.48. The molecular formula is C20H19N3O4S. The van der Waals surface area contributed by atoms with E-state index in [9.17, 15) is 4.79 Å². The molecule has 2 heterocycles. The van der Waals surface area contributed by atoms with E-state index in [4.69, 9.17) is 13.9 Å². The number of carbonyl (C=O) groups is 1. The van der Waals surface area contributed by atoms with Crippen molar-refractivity contribution in [2.75, 3.05) is 18.9 Å². The molecule has 0 fully saturated rings. The molecule has 1 atom stereocenters. The third-order valence-electron chi connectivity index (χ3n) is 4.13. The minimum Gasteiger partial charge on any atom is -0.486 e. The molecule has 0 saturated heterocycles. The first-order chi connectivity index (χ1) is 13.7. The van der Waals surface area contributed by atoms with E-state index in [-0.39, 0.29) is 17.8 Å². The van der Waals surface area contributed by atoms with Crippen LogP contribution in [0.1, 0.15) is 5.56 Å². The van der Waals surface area contributed by atoms with E-state index in [1.54, 1.807) is 0 Å². The SMILES string of the molecule is Cc1ccc(-c2nnc(SCC(=O)NC[C@H]3COc4ccccc4O3)o2)cc1. The molecule has 144 valence electrons. The first kappa shape index (κ1) is 18.4. The highest BCUT2D eigenvalue weighted by Gasteiger charge is 2.21. The Labute approximate surface area is 166 Å². The summed E-state index contributed by atoms with van der Waals surface area (Å²) in [7, 11) is 0. The van der Waals surface area contributed by atoms with Crippen LogP contribution in [0.3, 0.4) is 0 Å². The van der Waals surface area contributed by atoms with E-state index >= 15 is 0 Å². The molecule has 2 aromatic carbocycles. The first-order valence-electron chi connectivity index (χ1n) is 8.86. The van der Waals surface area contributed by atoms with Crippen molar-refractivity contribution in [1.29, 1.82) is 0 Å². The quantitative estimate of drug-likeness (QED) is 0.640. The number of amides is 1. The zero-order valence-corrected chi connectivity index (χ0v) is 16.1. The molecule has 0 radical (unpaired) electrons. The van der Waals surface area contributed by atoms with Crippen LogP contribution in [0.25, 0.3) is 11.5 Å². The summed E-state index contributed by atoms with van der Waals surface area (Å²) in [6.45, 7) is 2.78. The predicted octanol–water partition coefficient (Wildman–Crippen LogP) is 3.09. The van der Waals surface area contributed by atoms with Crippen molar-refractivity contribution in [3.8, 4) is 23.0 Å². The number of ether oxygens (including phenoxy) is 2. The standard InChI is InChI=1S/C20H19N3O4S/c1-13-6-8-14(9-7-13)19-22-23-20(27-19)28-12-18(24)21-10-15-11-25-16-4-2-3-5-17(16)26-15/h2-9,15H,10-12H2,1H3,(H,21,24)/t15-/m0/s1. The fourth-order valence-corrected chi connectivity index (χ4v) is 3.24. The van der Waals surface area contributed by atoms with Gasteiger partial charge >= 0.3 is 0 Å². The summed E-state index contributed by atoms with van der Waals surface area (Å²) in [6, 6.07) is 15.3. The van der Waals surface area contributed by atoms with E-state index in [2.05, 4.69) is 15.5 Å². The summed E-state index contributed by atoms with van der Waals surface area (Å²) >= 11 is 1.20. The molecule has 0 bridgehead atoms. The molecule has 1 N–H and O–H groups in total. The van der Waals surface area contributed by atoms with Gasteiger partial charge in [0.15, 0.2) is 11.5 Å². The molecule has 1 amide bonds. The van der Waals surface area contributed by atoms with Gasteiger partial charge in [-0.05, 0) is 31.2 Å². The highest BCUT2D eigenvalue weighted by Crippen LogP contribution is 2.30. The van der Waals surface area contributed by atoms with Gasteiger partial charge in [-0.25, -0.2) is 0 Å². The van der Waals surface area contributed by atoms with Crippen LogP contribution in [0, 0.1) is 6.92 Å². The van der Waals surface area contributed by atoms with E-state index < -0.39 is 0 Å². The number of rotatable bonds is 6. The predicted molar refractivity (Wildman–Crippen MR) is 105 cm³/mol. The largest absolute Gasteiger partial charge is 0.486 e. The van der Waals surface area contributed by atoms with Crippen LogP contribution < -0.4 is 14.8 Å². The van der Waals surface area contributed by atoms with Crippen molar-refractivity contribution < 1.29 is 18.7 Å². The minimum absolute atomic E-state index is 0.137. The zero-order chi connectivity index (χ0) is 19.3. The maximum absolute atomic E-state index is 12.1. The summed E-state index contributed by atoms with van der Waals surface area (Å²) in [5, 5.41) is 11.2. The summed E-state index contributed by atoms with van der Waals surface area (Å²) in [5.41, 5.74) is 2.01. The second-order valence-electron chi connectivity index (χ2n) is 6.33. The molecule has 1 aliphatic rings. The number of para-hydroxylation sites is 2. The monoisotopic (exact) mass is 397 g/mol. The number of hydrogen-bond donors (Lipinski definition) is 1. The number of aryl methyl sites for hydroxylation is 1. The summed E-state index contributed by atoms with van der Waals surface area (Å²) in [5.74, 6) is 1.90. The Bertz CT molecular complexity index is 958. The number of aromatic nitrogens is 2. The second-order valence-corrected chi connectivity index (χ2v) is 7.26. The lowest BCUT2D eigenvalue weighted by atomic mass is 10.1. The third-order valence-corrected chi connectivity index (χ3v) is 4.94. The lowest BCUT2D eigenvalue weighted by Gasteiger charge is -2.26. The van der Waals surface area contributed by atoms with E-state index in [0.717, 1.165) is 16.9 Å². The molecule has 3 aromatic rings. The van der Waals surface area contributed by atoms with Gasteiger partial charge in [0, 0.05) is 5.56 Å². The van der Waals surface area contributed by atoms with Crippen molar-refractivity contribution in [3.05, 3.63) is 54.1 Å². The van der Waals surface area contributed by atoms with Crippen molar-refractivity contribution in [3.63, 3.8) is 0 Å². The lowest BCUT2D eigenvalue weighted by Crippen LogP contribution is -2.41. The first-order valence-corrected chi connectivity index (χ1v) is 9.84. The molecular weight excluding hydrogens is 378 g/mol. The Morgan fingerprint density at radius 2 is 1.93 bits per heavy atom. The number of nitrogens with zero attached hydrogens (tertiary/aromatic N) is 2. The fourth-order valence-electron chi connectivity index (χ4n) is 2.65. The van der Waals surface area contributed by atoms with Crippen LogP contribution in [0.4, 0.5) is 0 Å². The second kappa shape index (κ2) is 8.35. The highest BCUT2D eigenvalue weighted by molar-refractivity contribution is 7.99. The van der Waals surface area contributed by atoms with Crippen LogP contribution in [-0.2, 0) is 4.79 Å². The van der Waals surface area contributed by atoms with Gasteiger partial charge in [0.2, 0.25) is 11.8 Å². The van der Waals surface area contributed by atoms with Crippen molar-refractivity contribution >= 4 is 17.7 Å². The number of fused-ring (bicyclic) bond motifs is 1. The average Bonchev–Trinajstić information content (AvgIpc) is 3.20. The van der Waals surface area contributed by atoms with Crippen molar-refractivity contribution in [2.24, 2.45) is 0 Å². The molecule has 7 nitrogen and oxygen atoms in total. The molecule has 1 aliphatic heterocycles. The number of hydrogen-bond acceptors (Lipinski definition) is 7. The smallest absolute Gasteiger partial charge is 0.277 e. The normalized spacial score (nSPS) is 15.2. The van der Waals surface area contributed by atoms with Gasteiger partial charge in [-0.15, -0.1) is 10.2 Å². The van der Waals surface area contributed by atoms with Gasteiger partial charge in [0.05, 0.1) is 12.3 Å². The Morgan fingerprint density at radius 3 is 2.75 bits per heavy atom. The number of benzene rings is 2. The Balaban J connectivity index is 1.24. The van der Waals surface area contributed by atoms with Crippen LogP contribution in [0.2, 0.25) is 0 Å². The Hall–Kier alpha value is -3.00. The van der Waals surface area contributed by atoms with Gasteiger partial charge in [-0.3, -0.25) is 4.79 Å². The molecule has 4 rings (SSSR count). The lowest BCUT2D eigenvalue weighted by molar-refractivity contribution is -0.119. The van der Waals surface area contributed by atoms with Gasteiger partial charge in [-0.1, -0.05) is 41.6 Å². The van der Waals surface area contributed by atoms with Crippen LogP contribution >= 0.6 is 11.8 Å². The number of thioether (sulfide) groups is 1. The summed E-state index contributed by atoms with van der Waals surface area (Å²) in [4.78, 5) is 12.1. The maximum atomic E-state index is 12.1. The molecule has 0 saturated carbocycles. The summed E-state index contributed by atoms with van der Waals surface area (Å²) in [6.07, 6.45) is -0.222. The molecule has 1 aromatic heterocycles. The highest BCUT2D eigenvalue weighted by atomic mass is 32.2. The number of carbonyl (C=O) groups excluding carboxylic acids is 1. The molecule has 0 unspecified atom stereocenters. The van der Waals surface area contributed by atoms with E-state index in [0.29, 0.717) is 30.0 Å². The Morgan fingerprint density at radius 1 is 1.14 bits per heavy atom. The van der Waals surface area contributed by atoms with Crippen molar-refractivity contribution in [2.45, 2.75) is 18.3 Å². The van der Waals surface area contributed by atoms with Gasteiger partial charge in [-0.2, -0.15) is 0 Å². The topological polar surface area (TPSA) is 86.5 Å². The average molecular weight is 397 g/mol. The third kappa shape index (κ3) is 4.45. The van der Waals surface area contributed by atoms with Crippen LogP contribution in [0.15, 0.2) is 58.2 Å². The maximum Gasteiger partial charge on any atom is 0.277 e. The molecule has 28 heavy (non-hydrogen) atoms. The van der Waals surface area contributed by atoms with E-state index in [1.807, 2.05) is 55.5 Å². The van der Waals surface area contributed by atoms with Gasteiger partial charge < -0.3 is 19.2 Å². The minimum atomic E-state index is -0.222.